The van der Waals surface area contributed by atoms with Gasteiger partial charge in [-0.25, -0.2) is 8.78 Å². The number of nitrogens with one attached hydrogen (secondary N) is 1. The van der Waals surface area contributed by atoms with Crippen molar-refractivity contribution >= 4 is 11.9 Å². The molecule has 1 spiro atoms. The molecule has 0 unspecified atom stereocenters. The minimum Gasteiger partial charge on any atom is -0.480 e. The number of carbonyl (C=O) groups excluding carboxylic acids is 1. The molecule has 0 aromatic heterocycles. The van der Waals surface area contributed by atoms with Gasteiger partial charge >= 0.3 is 5.97 Å². The number of hydrogen-bond donors (Lipinski definition) is 2. The van der Waals surface area contributed by atoms with E-state index in [-0.39, 0.29) is 18.0 Å². The zero-order valence-electron chi connectivity index (χ0n) is 13.2. The Hall–Kier alpha value is -2.02. The number of nitrogens with zero attached hydrogens (tertiary/aromatic N) is 1. The molecule has 0 radical (unpaired) electrons. The third-order valence-electron chi connectivity index (χ3n) is 4.96. The third-order valence-corrected chi connectivity index (χ3v) is 4.96. The van der Waals surface area contributed by atoms with E-state index in [4.69, 9.17) is 0 Å². The fraction of sp³-hybridized carbons (Fsp3) is 0.529. The molecular formula is C17H20F2N2O3. The van der Waals surface area contributed by atoms with E-state index < -0.39 is 35.7 Å². The van der Waals surface area contributed by atoms with E-state index in [0.717, 1.165) is 37.5 Å². The van der Waals surface area contributed by atoms with E-state index in [9.17, 15) is 23.5 Å². The van der Waals surface area contributed by atoms with E-state index in [0.29, 0.717) is 12.8 Å². The first-order valence-electron chi connectivity index (χ1n) is 8.15. The number of halogens is 2. The molecule has 1 amide bonds. The quantitative estimate of drug-likeness (QED) is 0.887. The molecule has 3 rings (SSSR count). The van der Waals surface area contributed by atoms with E-state index in [2.05, 4.69) is 5.32 Å². The lowest BCUT2D eigenvalue weighted by molar-refractivity contribution is -0.154. The average molecular weight is 338 g/mol. The topological polar surface area (TPSA) is 69.6 Å². The standard InChI is InChI=1S/C17H20F2N2O3/c18-12-6-11(7-13(19)8-12)14-9-20-17(4-2-1-3-5-17)16(24)21(14)10-15(22)23/h6-8,14,20H,1-5,9-10H2,(H,22,23)/t14-/m0/s1. The Morgan fingerprint density at radius 3 is 2.42 bits per heavy atom. The Labute approximate surface area is 138 Å². The van der Waals surface area contributed by atoms with Crippen LogP contribution >= 0.6 is 0 Å². The van der Waals surface area contributed by atoms with E-state index in [1.54, 1.807) is 0 Å². The lowest BCUT2D eigenvalue weighted by atomic mass is 9.78. The van der Waals surface area contributed by atoms with Gasteiger partial charge in [0.2, 0.25) is 5.91 Å². The minimum atomic E-state index is -1.14. The number of aliphatic carboxylic acids is 1. The van der Waals surface area contributed by atoms with Crippen molar-refractivity contribution in [3.05, 3.63) is 35.4 Å². The molecule has 5 nitrogen and oxygen atoms in total. The molecule has 1 aliphatic heterocycles. The van der Waals surface area contributed by atoms with Gasteiger partial charge in [-0.2, -0.15) is 0 Å². The number of amides is 1. The van der Waals surface area contributed by atoms with Gasteiger partial charge in [-0.3, -0.25) is 9.59 Å². The fourth-order valence-electron chi connectivity index (χ4n) is 3.83. The molecule has 1 aliphatic carbocycles. The maximum Gasteiger partial charge on any atom is 0.323 e. The van der Waals surface area contributed by atoms with Crippen molar-refractivity contribution in [3.63, 3.8) is 0 Å². The van der Waals surface area contributed by atoms with Crippen molar-refractivity contribution in [2.75, 3.05) is 13.1 Å². The Kier molecular flexibility index (Phi) is 4.54. The summed E-state index contributed by atoms with van der Waals surface area (Å²) in [5, 5.41) is 12.4. The van der Waals surface area contributed by atoms with Gasteiger partial charge in [0.05, 0.1) is 11.6 Å². The number of carboxylic acids is 1. The Bertz CT molecular complexity index is 639. The van der Waals surface area contributed by atoms with Crippen LogP contribution in [-0.2, 0) is 9.59 Å². The number of carboxylic acid groups (broad SMARTS) is 1. The summed E-state index contributed by atoms with van der Waals surface area (Å²) in [6.45, 7) is -0.201. The zero-order valence-corrected chi connectivity index (χ0v) is 13.2. The predicted octanol–water partition coefficient (Wildman–Crippen LogP) is 2.23. The molecule has 0 bridgehead atoms. The van der Waals surface area contributed by atoms with Crippen LogP contribution in [0.2, 0.25) is 0 Å². The minimum absolute atomic E-state index is 0.264. The lowest BCUT2D eigenvalue weighted by Crippen LogP contribution is -2.66. The van der Waals surface area contributed by atoms with Crippen LogP contribution in [0.25, 0.3) is 0 Å². The lowest BCUT2D eigenvalue weighted by Gasteiger charge is -2.48. The van der Waals surface area contributed by atoms with Gasteiger partial charge in [0, 0.05) is 12.6 Å². The van der Waals surface area contributed by atoms with Gasteiger partial charge in [-0.15, -0.1) is 0 Å². The summed E-state index contributed by atoms with van der Waals surface area (Å²) in [6.07, 6.45) is 4.17. The third kappa shape index (κ3) is 3.13. The van der Waals surface area contributed by atoms with Crippen LogP contribution < -0.4 is 5.32 Å². The van der Waals surface area contributed by atoms with Crippen LogP contribution in [0.1, 0.15) is 43.7 Å². The average Bonchev–Trinajstić information content (AvgIpc) is 2.52. The van der Waals surface area contributed by atoms with Gasteiger partial charge in [0.1, 0.15) is 18.2 Å². The molecule has 1 saturated carbocycles. The van der Waals surface area contributed by atoms with Crippen LogP contribution in [0, 0.1) is 11.6 Å². The van der Waals surface area contributed by atoms with Crippen molar-refractivity contribution in [2.24, 2.45) is 0 Å². The van der Waals surface area contributed by atoms with Crippen LogP contribution in [0.15, 0.2) is 18.2 Å². The maximum absolute atomic E-state index is 13.5. The number of hydrogen-bond acceptors (Lipinski definition) is 3. The summed E-state index contributed by atoms with van der Waals surface area (Å²) in [6, 6.07) is 2.35. The first kappa shape index (κ1) is 16.8. The van der Waals surface area contributed by atoms with Crippen molar-refractivity contribution < 1.29 is 23.5 Å². The number of rotatable bonds is 3. The normalized spacial score (nSPS) is 23.5. The number of piperazine rings is 1. The molecule has 24 heavy (non-hydrogen) atoms. The zero-order chi connectivity index (χ0) is 17.3. The summed E-state index contributed by atoms with van der Waals surface area (Å²) in [7, 11) is 0. The largest absolute Gasteiger partial charge is 0.480 e. The molecule has 130 valence electrons. The summed E-state index contributed by atoms with van der Waals surface area (Å²) < 4.78 is 27.1. The van der Waals surface area contributed by atoms with Crippen molar-refractivity contribution in [3.8, 4) is 0 Å². The van der Waals surface area contributed by atoms with E-state index >= 15 is 0 Å². The summed E-state index contributed by atoms with van der Waals surface area (Å²) in [5.41, 5.74) is -0.476. The molecule has 2 N–H and O–H groups in total. The number of carbonyl (C=O) groups is 2. The fourth-order valence-corrected chi connectivity index (χ4v) is 3.83. The van der Waals surface area contributed by atoms with Crippen LogP contribution in [0.3, 0.4) is 0 Å². The number of benzene rings is 1. The van der Waals surface area contributed by atoms with Gasteiger partial charge in [-0.1, -0.05) is 19.3 Å². The van der Waals surface area contributed by atoms with Crippen LogP contribution in [-0.4, -0.2) is 40.5 Å². The van der Waals surface area contributed by atoms with Gasteiger partial charge in [0.25, 0.3) is 0 Å². The molecule has 1 atom stereocenters. The molecule has 2 aliphatic rings. The van der Waals surface area contributed by atoms with Gasteiger partial charge in [-0.05, 0) is 30.5 Å². The molecule has 1 saturated heterocycles. The Balaban J connectivity index is 1.94. The van der Waals surface area contributed by atoms with Gasteiger partial charge in [0.15, 0.2) is 0 Å². The van der Waals surface area contributed by atoms with E-state index in [1.807, 2.05) is 0 Å². The molecule has 1 heterocycles. The van der Waals surface area contributed by atoms with E-state index in [1.165, 1.54) is 4.90 Å². The highest BCUT2D eigenvalue weighted by Gasteiger charge is 2.48. The van der Waals surface area contributed by atoms with Crippen molar-refractivity contribution in [1.29, 1.82) is 0 Å². The second-order valence-electron chi connectivity index (χ2n) is 6.57. The first-order valence-corrected chi connectivity index (χ1v) is 8.15. The monoisotopic (exact) mass is 338 g/mol. The summed E-state index contributed by atoms with van der Waals surface area (Å²) in [4.78, 5) is 25.5. The van der Waals surface area contributed by atoms with Crippen molar-refractivity contribution in [1.82, 2.24) is 10.2 Å². The molecule has 1 aromatic rings. The first-order chi connectivity index (χ1) is 11.4. The van der Waals surface area contributed by atoms with Crippen LogP contribution in [0.4, 0.5) is 8.78 Å². The highest BCUT2D eigenvalue weighted by Crippen LogP contribution is 2.36. The Morgan fingerprint density at radius 2 is 1.83 bits per heavy atom. The summed E-state index contributed by atoms with van der Waals surface area (Å²) >= 11 is 0. The molecular weight excluding hydrogens is 318 g/mol. The summed E-state index contributed by atoms with van der Waals surface area (Å²) in [5.74, 6) is -2.92. The molecule has 7 heteroatoms. The predicted molar refractivity (Wildman–Crippen MR) is 82.3 cm³/mol. The second-order valence-corrected chi connectivity index (χ2v) is 6.57. The smallest absolute Gasteiger partial charge is 0.323 e. The SMILES string of the molecule is O=C(O)CN1C(=O)C2(CCCCC2)NC[C@H]1c1cc(F)cc(F)c1. The Morgan fingerprint density at radius 1 is 1.21 bits per heavy atom. The van der Waals surface area contributed by atoms with Gasteiger partial charge < -0.3 is 15.3 Å². The van der Waals surface area contributed by atoms with Crippen molar-refractivity contribution in [2.45, 2.75) is 43.7 Å². The molecule has 1 aromatic carbocycles. The van der Waals surface area contributed by atoms with Crippen LogP contribution in [0.5, 0.6) is 0 Å². The maximum atomic E-state index is 13.5. The second kappa shape index (κ2) is 6.47. The highest BCUT2D eigenvalue weighted by atomic mass is 19.1. The molecule has 2 fully saturated rings. The highest BCUT2D eigenvalue weighted by molar-refractivity contribution is 5.90.